The minimum absolute atomic E-state index is 0.198. The fourth-order valence-corrected chi connectivity index (χ4v) is 3.72. The molecule has 7 heteroatoms. The van der Waals surface area contributed by atoms with Crippen LogP contribution in [0.2, 0.25) is 0 Å². The van der Waals surface area contributed by atoms with Gasteiger partial charge in [0.15, 0.2) is 11.5 Å². The Balaban J connectivity index is 1.61. The lowest BCUT2D eigenvalue weighted by molar-refractivity contribution is 0.174. The number of hydrogen-bond acceptors (Lipinski definition) is 7. The maximum absolute atomic E-state index is 10.1. The molecular weight excluding hydrogens is 432 g/mol. The van der Waals surface area contributed by atoms with Crippen molar-refractivity contribution in [3.63, 3.8) is 0 Å². The van der Waals surface area contributed by atoms with Crippen LogP contribution in [0, 0.1) is 11.3 Å². The molecule has 0 saturated carbocycles. The first-order valence-corrected chi connectivity index (χ1v) is 10.5. The van der Waals surface area contributed by atoms with Gasteiger partial charge in [0, 0.05) is 17.3 Å². The summed E-state index contributed by atoms with van der Waals surface area (Å²) in [6.07, 6.45) is 1.64. The molecule has 0 bridgehead atoms. The lowest BCUT2D eigenvalue weighted by Crippen LogP contribution is -1.92. The molecule has 0 N–H and O–H groups in total. The zero-order valence-electron chi connectivity index (χ0n) is 18.6. The quantitative estimate of drug-likeness (QED) is 0.335. The van der Waals surface area contributed by atoms with Crippen molar-refractivity contribution in [3.8, 4) is 51.5 Å². The number of nitriles is 1. The second-order valence-electron chi connectivity index (χ2n) is 7.43. The van der Waals surface area contributed by atoms with E-state index in [9.17, 15) is 5.26 Å². The zero-order chi connectivity index (χ0) is 23.5. The number of hydrogen-bond donors (Lipinski definition) is 0. The smallest absolute Gasteiger partial charge is 0.238 e. The fraction of sp³-hybridized carbons (Fsp3) is 0.111. The average Bonchev–Trinajstić information content (AvgIpc) is 3.51. The van der Waals surface area contributed by atoms with Crippen molar-refractivity contribution >= 4 is 12.1 Å². The van der Waals surface area contributed by atoms with Gasteiger partial charge in [-0.2, -0.15) is 5.26 Å². The summed E-state index contributed by atoms with van der Waals surface area (Å²) >= 11 is 0. The van der Waals surface area contributed by atoms with Gasteiger partial charge >= 0.3 is 0 Å². The minimum Gasteiger partial charge on any atom is -0.497 e. The summed E-state index contributed by atoms with van der Waals surface area (Å²) in [4.78, 5) is 4.51. The second kappa shape index (κ2) is 9.04. The molecule has 4 aromatic rings. The normalized spacial score (nSPS) is 12.0. The first-order chi connectivity index (χ1) is 16.7. The minimum atomic E-state index is 0.198. The second-order valence-corrected chi connectivity index (χ2v) is 7.43. The van der Waals surface area contributed by atoms with Crippen molar-refractivity contribution in [1.82, 2.24) is 0 Å². The number of methoxy groups -OCH3 is 2. The number of nitrogens with zero attached hydrogens (tertiary/aromatic N) is 2. The highest BCUT2D eigenvalue weighted by Crippen LogP contribution is 2.43. The third-order valence-corrected chi connectivity index (χ3v) is 5.46. The Bertz CT molecular complexity index is 1400. The third kappa shape index (κ3) is 3.93. The average molecular weight is 452 g/mol. The number of furan rings is 1. The molecular formula is C27H20N2O5. The Morgan fingerprint density at radius 1 is 0.853 bits per heavy atom. The largest absolute Gasteiger partial charge is 0.497 e. The number of fused-ring (bicyclic) bond motifs is 1. The number of aliphatic imine (C=N–C) groups is 1. The molecule has 7 nitrogen and oxygen atoms in total. The van der Waals surface area contributed by atoms with Crippen LogP contribution in [0.4, 0.5) is 5.88 Å². The predicted octanol–water partition coefficient (Wildman–Crippen LogP) is 5.98. The highest BCUT2D eigenvalue weighted by atomic mass is 16.7. The summed E-state index contributed by atoms with van der Waals surface area (Å²) in [5.41, 5.74) is 3.41. The maximum Gasteiger partial charge on any atom is 0.238 e. The van der Waals surface area contributed by atoms with Crippen LogP contribution < -0.4 is 18.9 Å². The van der Waals surface area contributed by atoms with E-state index in [-0.39, 0.29) is 12.7 Å². The molecule has 0 spiro atoms. The summed E-state index contributed by atoms with van der Waals surface area (Å²) in [6, 6.07) is 22.7. The van der Waals surface area contributed by atoms with Gasteiger partial charge in [-0.25, -0.2) is 4.99 Å². The van der Waals surface area contributed by atoms with Gasteiger partial charge in [-0.3, -0.25) is 0 Å². The van der Waals surface area contributed by atoms with E-state index >= 15 is 0 Å². The molecule has 1 aliphatic heterocycles. The van der Waals surface area contributed by atoms with Crippen molar-refractivity contribution in [2.75, 3.05) is 21.0 Å². The first kappa shape index (κ1) is 21.2. The summed E-state index contributed by atoms with van der Waals surface area (Å²) in [5, 5.41) is 10.1. The molecule has 0 fully saturated rings. The Morgan fingerprint density at radius 2 is 1.50 bits per heavy atom. The van der Waals surface area contributed by atoms with Gasteiger partial charge in [-0.15, -0.1) is 0 Å². The molecule has 5 rings (SSSR count). The van der Waals surface area contributed by atoms with Crippen molar-refractivity contribution < 1.29 is 23.4 Å². The van der Waals surface area contributed by atoms with Gasteiger partial charge in [0.05, 0.1) is 14.2 Å². The van der Waals surface area contributed by atoms with E-state index in [4.69, 9.17) is 23.4 Å². The Labute approximate surface area is 196 Å². The van der Waals surface area contributed by atoms with Crippen molar-refractivity contribution in [1.29, 1.82) is 5.26 Å². The highest BCUT2D eigenvalue weighted by Gasteiger charge is 2.23. The van der Waals surface area contributed by atoms with Gasteiger partial charge in [0.25, 0.3) is 0 Å². The summed E-state index contributed by atoms with van der Waals surface area (Å²) in [6.45, 7) is 0.198. The first-order valence-electron chi connectivity index (χ1n) is 10.5. The van der Waals surface area contributed by atoms with Crippen LogP contribution in [0.5, 0.6) is 23.0 Å². The van der Waals surface area contributed by atoms with E-state index in [1.807, 2.05) is 66.7 Å². The van der Waals surface area contributed by atoms with Crippen LogP contribution in [0.1, 0.15) is 11.1 Å². The van der Waals surface area contributed by atoms with Gasteiger partial charge in [0.2, 0.25) is 12.7 Å². The zero-order valence-corrected chi connectivity index (χ0v) is 18.6. The van der Waals surface area contributed by atoms with E-state index in [1.165, 1.54) is 0 Å². The highest BCUT2D eigenvalue weighted by molar-refractivity contribution is 5.90. The van der Waals surface area contributed by atoms with E-state index < -0.39 is 0 Å². The molecule has 3 aromatic carbocycles. The van der Waals surface area contributed by atoms with E-state index in [1.54, 1.807) is 20.4 Å². The number of ether oxygens (including phenoxy) is 4. The van der Waals surface area contributed by atoms with Crippen LogP contribution in [0.25, 0.3) is 22.5 Å². The van der Waals surface area contributed by atoms with E-state index in [2.05, 4.69) is 11.1 Å². The molecule has 0 aliphatic carbocycles. The molecule has 0 radical (unpaired) electrons. The Morgan fingerprint density at radius 3 is 2.15 bits per heavy atom. The molecule has 2 heterocycles. The van der Waals surface area contributed by atoms with Crippen molar-refractivity contribution in [2.45, 2.75) is 0 Å². The van der Waals surface area contributed by atoms with E-state index in [0.29, 0.717) is 28.4 Å². The lowest BCUT2D eigenvalue weighted by Gasteiger charge is -2.06. The summed E-state index contributed by atoms with van der Waals surface area (Å²) in [7, 11) is 3.22. The van der Waals surface area contributed by atoms with E-state index in [0.717, 1.165) is 28.2 Å². The molecule has 0 saturated heterocycles. The lowest BCUT2D eigenvalue weighted by atomic mass is 9.98. The van der Waals surface area contributed by atoms with Gasteiger partial charge in [-0.05, 0) is 65.7 Å². The maximum atomic E-state index is 10.1. The third-order valence-electron chi connectivity index (χ3n) is 5.46. The van der Waals surface area contributed by atoms with Crippen LogP contribution in [0.3, 0.4) is 0 Å². The standard InChI is InChI=1S/C27H20N2O5/c1-30-20-8-4-18(5-9-20)25-22(14-28)27(34-26(25)19-6-10-21(31-2)11-7-19)29-15-17-3-12-23-24(13-17)33-16-32-23/h3-13,15H,16H2,1-2H3/b29-15+. The van der Waals surface area contributed by atoms with Gasteiger partial charge in [0.1, 0.15) is 28.9 Å². The molecule has 0 atom stereocenters. The molecule has 1 aliphatic rings. The molecule has 0 amide bonds. The SMILES string of the molecule is COc1ccc(-c2oc(/N=C/c3ccc4c(c3)OCO4)c(C#N)c2-c2ccc(OC)cc2)cc1. The van der Waals surface area contributed by atoms with Gasteiger partial charge in [-0.1, -0.05) is 12.1 Å². The van der Waals surface area contributed by atoms with Crippen LogP contribution in [0.15, 0.2) is 76.1 Å². The van der Waals surface area contributed by atoms with Crippen LogP contribution in [-0.2, 0) is 0 Å². The molecule has 0 unspecified atom stereocenters. The number of rotatable bonds is 6. The molecule has 34 heavy (non-hydrogen) atoms. The Kier molecular flexibility index (Phi) is 5.63. The van der Waals surface area contributed by atoms with Gasteiger partial charge < -0.3 is 23.4 Å². The Hall–Kier alpha value is -4.70. The molecule has 168 valence electrons. The monoisotopic (exact) mass is 452 g/mol. The van der Waals surface area contributed by atoms with Crippen molar-refractivity contribution in [3.05, 3.63) is 77.9 Å². The summed E-state index contributed by atoms with van der Waals surface area (Å²) in [5.74, 6) is 3.55. The topological polar surface area (TPSA) is 86.2 Å². The fourth-order valence-electron chi connectivity index (χ4n) is 3.72. The van der Waals surface area contributed by atoms with Crippen LogP contribution >= 0.6 is 0 Å². The summed E-state index contributed by atoms with van der Waals surface area (Å²) < 4.78 is 27.5. The number of benzene rings is 3. The molecule has 1 aromatic heterocycles. The van der Waals surface area contributed by atoms with Crippen LogP contribution in [-0.4, -0.2) is 27.2 Å². The van der Waals surface area contributed by atoms with Crippen molar-refractivity contribution in [2.24, 2.45) is 4.99 Å². The predicted molar refractivity (Wildman–Crippen MR) is 127 cm³/mol.